The second-order valence-corrected chi connectivity index (χ2v) is 8.00. The lowest BCUT2D eigenvalue weighted by Crippen LogP contribution is -2.48. The third-order valence-electron chi connectivity index (χ3n) is 5.37. The Morgan fingerprint density at radius 1 is 1.15 bits per heavy atom. The van der Waals surface area contributed by atoms with Crippen molar-refractivity contribution in [3.63, 3.8) is 0 Å². The predicted octanol–water partition coefficient (Wildman–Crippen LogP) is 3.49. The van der Waals surface area contributed by atoms with Crippen molar-refractivity contribution in [1.29, 1.82) is 0 Å². The van der Waals surface area contributed by atoms with E-state index in [4.69, 9.17) is 4.74 Å². The first-order valence-corrected chi connectivity index (χ1v) is 10.4. The molecule has 26 heavy (non-hydrogen) atoms. The van der Waals surface area contributed by atoms with Crippen LogP contribution in [-0.2, 0) is 16.1 Å². The Labute approximate surface area is 159 Å². The smallest absolute Gasteiger partial charge is 0.227 e. The minimum atomic E-state index is 0.141. The Hall–Kier alpha value is -1.69. The van der Waals surface area contributed by atoms with Gasteiger partial charge in [0.1, 0.15) is 0 Å². The fourth-order valence-electron chi connectivity index (χ4n) is 3.98. The van der Waals surface area contributed by atoms with Gasteiger partial charge in [0, 0.05) is 26.2 Å². The molecule has 2 aliphatic rings. The second kappa shape index (κ2) is 8.33. The molecule has 4 nitrogen and oxygen atoms in total. The van der Waals surface area contributed by atoms with Gasteiger partial charge in [0.25, 0.3) is 0 Å². The average molecular weight is 371 g/mol. The van der Waals surface area contributed by atoms with Crippen LogP contribution in [0.1, 0.15) is 18.4 Å². The quantitative estimate of drug-likeness (QED) is 0.826. The Morgan fingerprint density at radius 2 is 2.04 bits per heavy atom. The molecule has 138 valence electrons. The van der Waals surface area contributed by atoms with E-state index in [1.165, 1.54) is 16.7 Å². The van der Waals surface area contributed by atoms with Crippen LogP contribution in [0.2, 0.25) is 0 Å². The highest BCUT2D eigenvalue weighted by Gasteiger charge is 2.30. The van der Waals surface area contributed by atoms with Gasteiger partial charge in [0.05, 0.1) is 19.1 Å². The summed E-state index contributed by atoms with van der Waals surface area (Å²) in [4.78, 5) is 17.2. The molecule has 0 saturated carbocycles. The number of hydrogen-bond donors (Lipinski definition) is 0. The number of carbonyl (C=O) groups is 1. The monoisotopic (exact) mass is 370 g/mol. The van der Waals surface area contributed by atoms with Crippen LogP contribution in [0.25, 0.3) is 11.1 Å². The number of carbonyl (C=O) groups excluding carboxylic acids is 1. The van der Waals surface area contributed by atoms with Gasteiger partial charge in [-0.05, 0) is 59.0 Å². The number of thiophene rings is 1. The molecular formula is C21H26N2O2S. The van der Waals surface area contributed by atoms with Gasteiger partial charge in [0.15, 0.2) is 0 Å². The van der Waals surface area contributed by atoms with E-state index < -0.39 is 0 Å². The average Bonchev–Trinajstić information content (AvgIpc) is 3.23. The summed E-state index contributed by atoms with van der Waals surface area (Å²) in [6.45, 7) is 5.73. The number of likely N-dealkylation sites (tertiary alicyclic amines) is 1. The summed E-state index contributed by atoms with van der Waals surface area (Å²) in [6, 6.07) is 11.0. The Balaban J connectivity index is 1.39. The van der Waals surface area contributed by atoms with Crippen LogP contribution >= 0.6 is 11.3 Å². The maximum absolute atomic E-state index is 12.8. The molecule has 2 aliphatic heterocycles. The van der Waals surface area contributed by atoms with Gasteiger partial charge in [-0.25, -0.2) is 0 Å². The molecule has 2 aromatic rings. The number of benzene rings is 1. The molecule has 1 atom stereocenters. The number of amides is 1. The highest BCUT2D eigenvalue weighted by molar-refractivity contribution is 7.08. The molecule has 1 aromatic heterocycles. The van der Waals surface area contributed by atoms with Gasteiger partial charge in [-0.15, -0.1) is 0 Å². The van der Waals surface area contributed by atoms with Gasteiger partial charge in [-0.2, -0.15) is 11.3 Å². The van der Waals surface area contributed by atoms with Gasteiger partial charge >= 0.3 is 0 Å². The summed E-state index contributed by atoms with van der Waals surface area (Å²) >= 11 is 1.73. The molecule has 0 spiro atoms. The third-order valence-corrected chi connectivity index (χ3v) is 6.05. The van der Waals surface area contributed by atoms with E-state index in [1.807, 2.05) is 4.90 Å². The van der Waals surface area contributed by atoms with Crippen LogP contribution in [-0.4, -0.2) is 55.1 Å². The van der Waals surface area contributed by atoms with Crippen molar-refractivity contribution in [2.24, 2.45) is 5.92 Å². The molecule has 5 heteroatoms. The maximum Gasteiger partial charge on any atom is 0.227 e. The minimum absolute atomic E-state index is 0.141. The Bertz CT molecular complexity index is 725. The van der Waals surface area contributed by atoms with Crippen molar-refractivity contribution in [1.82, 2.24) is 9.80 Å². The predicted molar refractivity (Wildman–Crippen MR) is 105 cm³/mol. The van der Waals surface area contributed by atoms with Crippen LogP contribution in [0.4, 0.5) is 0 Å². The van der Waals surface area contributed by atoms with Crippen molar-refractivity contribution in [2.45, 2.75) is 19.4 Å². The first kappa shape index (κ1) is 17.7. The molecule has 4 rings (SSSR count). The van der Waals surface area contributed by atoms with E-state index in [0.717, 1.165) is 45.6 Å². The second-order valence-electron chi connectivity index (χ2n) is 7.22. The number of hydrogen-bond acceptors (Lipinski definition) is 4. The van der Waals surface area contributed by atoms with Crippen LogP contribution in [0.5, 0.6) is 0 Å². The first-order valence-electron chi connectivity index (χ1n) is 9.50. The molecule has 1 amide bonds. The highest BCUT2D eigenvalue weighted by Crippen LogP contribution is 2.25. The lowest BCUT2D eigenvalue weighted by atomic mass is 9.95. The van der Waals surface area contributed by atoms with Crippen molar-refractivity contribution in [2.75, 3.05) is 39.4 Å². The van der Waals surface area contributed by atoms with Crippen LogP contribution in [0.3, 0.4) is 0 Å². The number of morpholine rings is 1. The Kier molecular flexibility index (Phi) is 5.68. The maximum atomic E-state index is 12.8. The zero-order valence-electron chi connectivity index (χ0n) is 15.1. The molecule has 0 bridgehead atoms. The number of nitrogens with zero attached hydrogens (tertiary/aromatic N) is 2. The number of piperidine rings is 1. The van der Waals surface area contributed by atoms with E-state index in [-0.39, 0.29) is 5.92 Å². The van der Waals surface area contributed by atoms with E-state index in [9.17, 15) is 4.79 Å². The van der Waals surface area contributed by atoms with E-state index in [2.05, 4.69) is 46.0 Å². The summed E-state index contributed by atoms with van der Waals surface area (Å²) in [5, 5.41) is 4.31. The molecule has 0 aliphatic carbocycles. The van der Waals surface area contributed by atoms with Gasteiger partial charge < -0.3 is 9.64 Å². The summed E-state index contributed by atoms with van der Waals surface area (Å²) in [5.41, 5.74) is 3.89. The fraction of sp³-hybridized carbons (Fsp3) is 0.476. The molecule has 0 N–H and O–H groups in total. The van der Waals surface area contributed by atoms with Gasteiger partial charge in [-0.1, -0.05) is 18.2 Å². The lowest BCUT2D eigenvalue weighted by molar-refractivity contribution is -0.141. The summed E-state index contributed by atoms with van der Waals surface area (Å²) in [6.07, 6.45) is 2.12. The van der Waals surface area contributed by atoms with Gasteiger partial charge in [-0.3, -0.25) is 9.69 Å². The number of rotatable bonds is 4. The zero-order chi connectivity index (χ0) is 17.8. The summed E-state index contributed by atoms with van der Waals surface area (Å²) in [7, 11) is 0. The highest BCUT2D eigenvalue weighted by atomic mass is 32.1. The first-order chi connectivity index (χ1) is 12.8. The summed E-state index contributed by atoms with van der Waals surface area (Å²) < 4.78 is 5.38. The molecule has 2 fully saturated rings. The van der Waals surface area contributed by atoms with E-state index in [0.29, 0.717) is 19.1 Å². The molecule has 0 radical (unpaired) electrons. The van der Waals surface area contributed by atoms with Crippen LogP contribution < -0.4 is 0 Å². The van der Waals surface area contributed by atoms with Crippen molar-refractivity contribution >= 4 is 17.2 Å². The van der Waals surface area contributed by atoms with Crippen LogP contribution in [0, 0.1) is 5.92 Å². The van der Waals surface area contributed by atoms with E-state index in [1.54, 1.807) is 11.3 Å². The molecule has 3 heterocycles. The largest absolute Gasteiger partial charge is 0.378 e. The van der Waals surface area contributed by atoms with E-state index >= 15 is 0 Å². The minimum Gasteiger partial charge on any atom is -0.378 e. The SMILES string of the molecule is O=C(C1CCCN(Cc2cccc(-c3ccsc3)c2)C1)N1CCOCC1. The topological polar surface area (TPSA) is 32.8 Å². The molecule has 2 saturated heterocycles. The molecule has 1 unspecified atom stereocenters. The third kappa shape index (κ3) is 4.17. The summed E-state index contributed by atoms with van der Waals surface area (Å²) in [5.74, 6) is 0.465. The van der Waals surface area contributed by atoms with Crippen molar-refractivity contribution in [3.8, 4) is 11.1 Å². The standard InChI is InChI=1S/C21H26N2O2S/c24-21(23-8-10-25-11-9-23)19-5-2-7-22(15-19)14-17-3-1-4-18(13-17)20-6-12-26-16-20/h1,3-4,6,12-13,16,19H,2,5,7-11,14-15H2. The normalized spacial score (nSPS) is 21.7. The zero-order valence-corrected chi connectivity index (χ0v) is 15.9. The molecule has 1 aromatic carbocycles. The lowest BCUT2D eigenvalue weighted by Gasteiger charge is -2.36. The number of ether oxygens (including phenoxy) is 1. The van der Waals surface area contributed by atoms with Crippen molar-refractivity contribution in [3.05, 3.63) is 46.7 Å². The Morgan fingerprint density at radius 3 is 2.85 bits per heavy atom. The van der Waals surface area contributed by atoms with Crippen LogP contribution in [0.15, 0.2) is 41.1 Å². The molecular weight excluding hydrogens is 344 g/mol. The fourth-order valence-corrected chi connectivity index (χ4v) is 4.64. The van der Waals surface area contributed by atoms with Gasteiger partial charge in [0.2, 0.25) is 5.91 Å². The van der Waals surface area contributed by atoms with Crippen molar-refractivity contribution < 1.29 is 9.53 Å².